The van der Waals surface area contributed by atoms with E-state index in [2.05, 4.69) is 18.3 Å². The van der Waals surface area contributed by atoms with E-state index in [4.69, 9.17) is 9.47 Å². The Bertz CT molecular complexity index is 431. The highest BCUT2D eigenvalue weighted by Gasteiger charge is 2.27. The highest BCUT2D eigenvalue weighted by Crippen LogP contribution is 2.45. The van der Waals surface area contributed by atoms with Crippen LogP contribution in [0.5, 0.6) is 11.5 Å². The minimum atomic E-state index is 0.601. The minimum absolute atomic E-state index is 0.601. The van der Waals surface area contributed by atoms with Crippen LogP contribution >= 0.6 is 0 Å². The molecule has 20 heavy (non-hydrogen) atoms. The van der Waals surface area contributed by atoms with Gasteiger partial charge < -0.3 is 14.8 Å². The van der Waals surface area contributed by atoms with Gasteiger partial charge in [-0.3, -0.25) is 0 Å². The average Bonchev–Trinajstić information content (AvgIpc) is 2.89. The Morgan fingerprint density at radius 2 is 2.05 bits per heavy atom. The van der Waals surface area contributed by atoms with E-state index < -0.39 is 0 Å². The number of methoxy groups -OCH3 is 2. The van der Waals surface area contributed by atoms with Crippen LogP contribution in [0, 0.1) is 0 Å². The molecule has 0 saturated heterocycles. The Morgan fingerprint density at radius 1 is 1.20 bits per heavy atom. The Labute approximate surface area is 122 Å². The predicted molar refractivity (Wildman–Crippen MR) is 83.0 cm³/mol. The van der Waals surface area contributed by atoms with Gasteiger partial charge in [-0.1, -0.05) is 19.4 Å². The predicted octanol–water partition coefficient (Wildman–Crippen LogP) is 3.51. The smallest absolute Gasteiger partial charge is 0.164 e. The molecule has 0 heterocycles. The number of ether oxygens (including phenoxy) is 2. The molecule has 112 valence electrons. The van der Waals surface area contributed by atoms with E-state index >= 15 is 0 Å². The molecule has 0 bridgehead atoms. The van der Waals surface area contributed by atoms with Crippen molar-refractivity contribution in [1.29, 1.82) is 0 Å². The molecule has 1 atom stereocenters. The summed E-state index contributed by atoms with van der Waals surface area (Å²) in [6.45, 7) is 4.45. The van der Waals surface area contributed by atoms with Gasteiger partial charge in [0.05, 0.1) is 14.2 Å². The topological polar surface area (TPSA) is 30.5 Å². The second-order valence-electron chi connectivity index (χ2n) is 5.50. The van der Waals surface area contributed by atoms with E-state index in [0.717, 1.165) is 31.0 Å². The normalized spacial score (nSPS) is 17.1. The second kappa shape index (κ2) is 7.53. The van der Waals surface area contributed by atoms with Crippen molar-refractivity contribution in [2.75, 3.05) is 27.3 Å². The molecule has 3 nitrogen and oxygen atoms in total. The van der Waals surface area contributed by atoms with Crippen molar-refractivity contribution < 1.29 is 9.47 Å². The average molecular weight is 277 g/mol. The standard InChI is InChI=1S/C17H27NO2/c1-4-5-11-18-12-10-14-7-6-13-8-9-15(19-2)17(20-3)16(13)14/h8-9,14,18H,4-7,10-12H2,1-3H3. The lowest BCUT2D eigenvalue weighted by Gasteiger charge is -2.17. The first-order valence-corrected chi connectivity index (χ1v) is 7.76. The monoisotopic (exact) mass is 277 g/mol. The number of hydrogen-bond acceptors (Lipinski definition) is 3. The van der Waals surface area contributed by atoms with Crippen LogP contribution < -0.4 is 14.8 Å². The third-order valence-corrected chi connectivity index (χ3v) is 4.22. The maximum Gasteiger partial charge on any atom is 0.164 e. The van der Waals surface area contributed by atoms with Gasteiger partial charge in [-0.25, -0.2) is 0 Å². The number of hydrogen-bond donors (Lipinski definition) is 1. The number of nitrogens with one attached hydrogen (secondary N) is 1. The SMILES string of the molecule is CCCCNCCC1CCc2ccc(OC)c(OC)c21. The Hall–Kier alpha value is -1.22. The summed E-state index contributed by atoms with van der Waals surface area (Å²) >= 11 is 0. The van der Waals surface area contributed by atoms with Crippen LogP contribution in [0.2, 0.25) is 0 Å². The first kappa shape index (κ1) is 15.2. The zero-order valence-corrected chi connectivity index (χ0v) is 13.0. The van der Waals surface area contributed by atoms with E-state index in [-0.39, 0.29) is 0 Å². The van der Waals surface area contributed by atoms with Crippen LogP contribution in [-0.4, -0.2) is 27.3 Å². The van der Waals surface area contributed by atoms with Gasteiger partial charge >= 0.3 is 0 Å². The van der Waals surface area contributed by atoms with Gasteiger partial charge in [0.1, 0.15) is 0 Å². The maximum atomic E-state index is 5.61. The van der Waals surface area contributed by atoms with Gasteiger partial charge in [-0.05, 0) is 56.3 Å². The summed E-state index contributed by atoms with van der Waals surface area (Å²) in [6.07, 6.45) is 6.09. The van der Waals surface area contributed by atoms with Gasteiger partial charge in [-0.2, -0.15) is 0 Å². The molecule has 1 N–H and O–H groups in total. The van der Waals surface area contributed by atoms with E-state index in [1.54, 1.807) is 14.2 Å². The van der Waals surface area contributed by atoms with Gasteiger partial charge in [0.15, 0.2) is 11.5 Å². The summed E-state index contributed by atoms with van der Waals surface area (Å²) in [4.78, 5) is 0. The van der Waals surface area contributed by atoms with Crippen LogP contribution in [0.1, 0.15) is 49.7 Å². The first-order valence-electron chi connectivity index (χ1n) is 7.76. The second-order valence-corrected chi connectivity index (χ2v) is 5.50. The summed E-state index contributed by atoms with van der Waals surface area (Å²) in [7, 11) is 3.45. The van der Waals surface area contributed by atoms with Gasteiger partial charge in [0.2, 0.25) is 0 Å². The number of unbranched alkanes of at least 4 members (excludes halogenated alkanes) is 1. The third-order valence-electron chi connectivity index (χ3n) is 4.22. The van der Waals surface area contributed by atoms with E-state index in [1.807, 2.05) is 6.07 Å². The molecule has 1 unspecified atom stereocenters. The van der Waals surface area contributed by atoms with Gasteiger partial charge in [0.25, 0.3) is 0 Å². The molecular formula is C17H27NO2. The molecule has 1 aliphatic carbocycles. The summed E-state index contributed by atoms with van der Waals surface area (Å²) in [5.74, 6) is 2.40. The lowest BCUT2D eigenvalue weighted by atomic mass is 9.96. The van der Waals surface area contributed by atoms with E-state index in [1.165, 1.54) is 36.8 Å². The Morgan fingerprint density at radius 3 is 2.75 bits per heavy atom. The summed E-state index contributed by atoms with van der Waals surface area (Å²) in [6, 6.07) is 4.22. The molecule has 2 rings (SSSR count). The van der Waals surface area contributed by atoms with Crippen LogP contribution in [-0.2, 0) is 6.42 Å². The first-order chi connectivity index (χ1) is 9.81. The fourth-order valence-corrected chi connectivity index (χ4v) is 3.12. The molecule has 0 fully saturated rings. The van der Waals surface area contributed by atoms with Crippen molar-refractivity contribution in [1.82, 2.24) is 5.32 Å². The Kier molecular flexibility index (Phi) is 5.72. The van der Waals surface area contributed by atoms with Crippen LogP contribution in [0.4, 0.5) is 0 Å². The largest absolute Gasteiger partial charge is 0.493 e. The number of fused-ring (bicyclic) bond motifs is 1. The van der Waals surface area contributed by atoms with Crippen molar-refractivity contribution in [3.05, 3.63) is 23.3 Å². The molecule has 1 aromatic rings. The molecule has 0 aromatic heterocycles. The summed E-state index contributed by atoms with van der Waals surface area (Å²) in [5.41, 5.74) is 2.81. The highest BCUT2D eigenvalue weighted by atomic mass is 16.5. The molecule has 0 amide bonds. The number of rotatable bonds is 8. The van der Waals surface area contributed by atoms with Crippen molar-refractivity contribution in [3.8, 4) is 11.5 Å². The molecule has 1 aliphatic rings. The van der Waals surface area contributed by atoms with Crippen LogP contribution in [0.25, 0.3) is 0 Å². The van der Waals surface area contributed by atoms with E-state index in [0.29, 0.717) is 5.92 Å². The number of benzene rings is 1. The quantitative estimate of drug-likeness (QED) is 0.738. The fraction of sp³-hybridized carbons (Fsp3) is 0.647. The molecule has 0 spiro atoms. The Balaban J connectivity index is 2.03. The molecule has 3 heteroatoms. The summed E-state index contributed by atoms with van der Waals surface area (Å²) < 4.78 is 11.0. The zero-order valence-electron chi connectivity index (χ0n) is 13.0. The molecule has 0 aliphatic heterocycles. The van der Waals surface area contributed by atoms with Crippen molar-refractivity contribution in [2.24, 2.45) is 0 Å². The van der Waals surface area contributed by atoms with Crippen LogP contribution in [0.15, 0.2) is 12.1 Å². The van der Waals surface area contributed by atoms with Gasteiger partial charge in [0, 0.05) is 5.56 Å². The summed E-state index contributed by atoms with van der Waals surface area (Å²) in [5, 5.41) is 3.54. The zero-order chi connectivity index (χ0) is 14.4. The molecule has 0 saturated carbocycles. The van der Waals surface area contributed by atoms with Crippen molar-refractivity contribution in [3.63, 3.8) is 0 Å². The van der Waals surface area contributed by atoms with Crippen molar-refractivity contribution >= 4 is 0 Å². The van der Waals surface area contributed by atoms with Crippen LogP contribution in [0.3, 0.4) is 0 Å². The molecule has 0 radical (unpaired) electrons. The third kappa shape index (κ3) is 3.26. The number of aryl methyl sites for hydroxylation is 1. The van der Waals surface area contributed by atoms with E-state index in [9.17, 15) is 0 Å². The fourth-order valence-electron chi connectivity index (χ4n) is 3.12. The maximum absolute atomic E-state index is 5.61. The van der Waals surface area contributed by atoms with Gasteiger partial charge in [-0.15, -0.1) is 0 Å². The lowest BCUT2D eigenvalue weighted by Crippen LogP contribution is -2.18. The lowest BCUT2D eigenvalue weighted by molar-refractivity contribution is 0.349. The molecular weight excluding hydrogens is 250 g/mol. The minimum Gasteiger partial charge on any atom is -0.493 e. The highest BCUT2D eigenvalue weighted by molar-refractivity contribution is 5.54. The van der Waals surface area contributed by atoms with Crippen molar-refractivity contribution in [2.45, 2.75) is 44.9 Å². The molecule has 1 aromatic carbocycles.